The molecule has 0 spiro atoms. The number of nitrogens with zero attached hydrogens (tertiary/aromatic N) is 1. The highest BCUT2D eigenvalue weighted by Crippen LogP contribution is 2.25. The molecule has 0 saturated heterocycles. The maximum Gasteiger partial charge on any atom is 0.253 e. The lowest BCUT2D eigenvalue weighted by molar-refractivity contribution is -0.125. The summed E-state index contributed by atoms with van der Waals surface area (Å²) in [7, 11) is 0. The summed E-state index contributed by atoms with van der Waals surface area (Å²) in [5, 5.41) is 3.46. The van der Waals surface area contributed by atoms with Crippen LogP contribution in [0.5, 0.6) is 0 Å². The minimum atomic E-state index is -0.559. The summed E-state index contributed by atoms with van der Waals surface area (Å²) in [4.78, 5) is 12.1. The Kier molecular flexibility index (Phi) is 5.20. The maximum absolute atomic E-state index is 12.1. The van der Waals surface area contributed by atoms with Crippen molar-refractivity contribution in [3.05, 3.63) is 60.4 Å². The lowest BCUT2D eigenvalue weighted by Gasteiger charge is -2.16. The zero-order valence-electron chi connectivity index (χ0n) is 11.8. The number of aromatic nitrogens is 1. The van der Waals surface area contributed by atoms with Crippen LogP contribution in [0.25, 0.3) is 5.69 Å². The molecular weight excluding hydrogens is 288 g/mol. The van der Waals surface area contributed by atoms with Gasteiger partial charge in [0, 0.05) is 17.4 Å². The van der Waals surface area contributed by atoms with Gasteiger partial charge in [-0.15, -0.1) is 6.58 Å². The molecule has 110 valence electrons. The average molecular weight is 305 g/mol. The molecule has 0 saturated carbocycles. The van der Waals surface area contributed by atoms with E-state index in [-0.39, 0.29) is 5.91 Å². The quantitative estimate of drug-likeness (QED) is 0.828. The van der Waals surface area contributed by atoms with Gasteiger partial charge in [-0.25, -0.2) is 0 Å². The van der Waals surface area contributed by atoms with Crippen LogP contribution in [0.2, 0.25) is 5.02 Å². The summed E-state index contributed by atoms with van der Waals surface area (Å²) >= 11 is 6.04. The first-order chi connectivity index (χ1) is 10.1. The van der Waals surface area contributed by atoms with Gasteiger partial charge in [0.15, 0.2) is 0 Å². The van der Waals surface area contributed by atoms with Crippen LogP contribution in [0.4, 0.5) is 5.69 Å². The molecule has 0 aliphatic heterocycles. The highest BCUT2D eigenvalue weighted by Gasteiger charge is 2.15. The van der Waals surface area contributed by atoms with Gasteiger partial charge in [0.05, 0.1) is 18.0 Å². The fraction of sp³-hybridized carbons (Fsp3) is 0.188. The van der Waals surface area contributed by atoms with Gasteiger partial charge < -0.3 is 14.6 Å². The van der Waals surface area contributed by atoms with E-state index in [4.69, 9.17) is 16.3 Å². The van der Waals surface area contributed by atoms with Gasteiger partial charge in [-0.2, -0.15) is 0 Å². The number of anilines is 1. The van der Waals surface area contributed by atoms with Crippen LogP contribution in [-0.2, 0) is 9.53 Å². The smallest absolute Gasteiger partial charge is 0.253 e. The standard InChI is InChI=1S/C16H17ClN2O2/c1-3-10-21-12(2)16(20)18-14-7-6-13(17)11-15(14)19-8-4-5-9-19/h3-9,11-12H,1,10H2,2H3,(H,18,20). The Bertz CT molecular complexity index is 623. The van der Waals surface area contributed by atoms with E-state index >= 15 is 0 Å². The van der Waals surface area contributed by atoms with E-state index in [1.807, 2.05) is 29.1 Å². The number of carbonyl (C=O) groups excluding carboxylic acids is 1. The van der Waals surface area contributed by atoms with E-state index in [1.165, 1.54) is 0 Å². The van der Waals surface area contributed by atoms with Crippen LogP contribution in [0.3, 0.4) is 0 Å². The monoisotopic (exact) mass is 304 g/mol. The largest absolute Gasteiger partial charge is 0.365 e. The summed E-state index contributed by atoms with van der Waals surface area (Å²) in [6.07, 6.45) is 4.83. The van der Waals surface area contributed by atoms with Gasteiger partial charge in [0.25, 0.3) is 5.91 Å². The fourth-order valence-corrected chi connectivity index (χ4v) is 2.01. The van der Waals surface area contributed by atoms with Crippen molar-refractivity contribution in [3.8, 4) is 5.69 Å². The minimum absolute atomic E-state index is 0.215. The Hall–Kier alpha value is -2.04. The SMILES string of the molecule is C=CCOC(C)C(=O)Nc1ccc(Cl)cc1-n1cccc1. The summed E-state index contributed by atoms with van der Waals surface area (Å²) in [6.45, 7) is 5.59. The van der Waals surface area contributed by atoms with E-state index in [2.05, 4.69) is 11.9 Å². The highest BCUT2D eigenvalue weighted by atomic mass is 35.5. The summed E-state index contributed by atoms with van der Waals surface area (Å²) in [6, 6.07) is 9.12. The number of halogens is 1. The highest BCUT2D eigenvalue weighted by molar-refractivity contribution is 6.30. The number of ether oxygens (including phenoxy) is 1. The van der Waals surface area contributed by atoms with Crippen LogP contribution >= 0.6 is 11.6 Å². The zero-order chi connectivity index (χ0) is 15.2. The summed E-state index contributed by atoms with van der Waals surface area (Å²) in [5.74, 6) is -0.215. The molecule has 1 N–H and O–H groups in total. The van der Waals surface area contributed by atoms with Gasteiger partial charge >= 0.3 is 0 Å². The Balaban J connectivity index is 2.20. The van der Waals surface area contributed by atoms with Gasteiger partial charge in [0.1, 0.15) is 6.10 Å². The van der Waals surface area contributed by atoms with Crippen molar-refractivity contribution in [1.29, 1.82) is 0 Å². The van der Waals surface area contributed by atoms with Crippen molar-refractivity contribution in [3.63, 3.8) is 0 Å². The predicted molar refractivity (Wildman–Crippen MR) is 85.0 cm³/mol. The molecule has 1 atom stereocenters. The zero-order valence-corrected chi connectivity index (χ0v) is 12.5. The molecule has 0 bridgehead atoms. The molecular formula is C16H17ClN2O2. The third kappa shape index (κ3) is 3.97. The molecule has 0 aliphatic rings. The van der Waals surface area contributed by atoms with Gasteiger partial charge in [-0.3, -0.25) is 4.79 Å². The molecule has 2 aromatic rings. The van der Waals surface area contributed by atoms with Crippen molar-refractivity contribution in [2.75, 3.05) is 11.9 Å². The molecule has 0 aliphatic carbocycles. The maximum atomic E-state index is 12.1. The van der Waals surface area contributed by atoms with Crippen molar-refractivity contribution in [2.45, 2.75) is 13.0 Å². The molecule has 1 aromatic carbocycles. The first-order valence-electron chi connectivity index (χ1n) is 6.58. The number of nitrogens with one attached hydrogen (secondary N) is 1. The van der Waals surface area contributed by atoms with Crippen molar-refractivity contribution in [1.82, 2.24) is 4.57 Å². The lowest BCUT2D eigenvalue weighted by Crippen LogP contribution is -2.28. The lowest BCUT2D eigenvalue weighted by atomic mass is 10.2. The third-order valence-corrected chi connectivity index (χ3v) is 3.17. The van der Waals surface area contributed by atoms with Gasteiger partial charge in [-0.05, 0) is 37.3 Å². The Morgan fingerprint density at radius 1 is 1.48 bits per heavy atom. The number of amides is 1. The summed E-state index contributed by atoms with van der Waals surface area (Å²) < 4.78 is 7.20. The second kappa shape index (κ2) is 7.11. The number of benzene rings is 1. The normalized spacial score (nSPS) is 11.9. The van der Waals surface area contributed by atoms with E-state index in [0.717, 1.165) is 5.69 Å². The molecule has 1 aromatic heterocycles. The molecule has 4 nitrogen and oxygen atoms in total. The fourth-order valence-electron chi connectivity index (χ4n) is 1.84. The van der Waals surface area contributed by atoms with Crippen molar-refractivity contribution in [2.24, 2.45) is 0 Å². The van der Waals surface area contributed by atoms with Crippen molar-refractivity contribution >= 4 is 23.2 Å². The molecule has 21 heavy (non-hydrogen) atoms. The Morgan fingerprint density at radius 2 is 2.19 bits per heavy atom. The number of hydrogen-bond acceptors (Lipinski definition) is 2. The van der Waals surface area contributed by atoms with Crippen LogP contribution < -0.4 is 5.32 Å². The van der Waals surface area contributed by atoms with Crippen LogP contribution in [0.15, 0.2) is 55.4 Å². The average Bonchev–Trinajstić information content (AvgIpc) is 3.00. The first-order valence-corrected chi connectivity index (χ1v) is 6.96. The van der Waals surface area contributed by atoms with Crippen LogP contribution in [0, 0.1) is 0 Å². The van der Waals surface area contributed by atoms with E-state index in [9.17, 15) is 4.79 Å². The molecule has 0 radical (unpaired) electrons. The number of carbonyl (C=O) groups is 1. The Labute approximate surface area is 129 Å². The molecule has 1 unspecified atom stereocenters. The Morgan fingerprint density at radius 3 is 2.86 bits per heavy atom. The van der Waals surface area contributed by atoms with Crippen LogP contribution in [-0.4, -0.2) is 23.2 Å². The number of rotatable bonds is 6. The molecule has 2 rings (SSSR count). The van der Waals surface area contributed by atoms with Crippen molar-refractivity contribution < 1.29 is 9.53 Å². The van der Waals surface area contributed by atoms with Gasteiger partial charge in [-0.1, -0.05) is 17.7 Å². The van der Waals surface area contributed by atoms with Crippen LogP contribution in [0.1, 0.15) is 6.92 Å². The minimum Gasteiger partial charge on any atom is -0.365 e. The molecule has 1 heterocycles. The first kappa shape index (κ1) is 15.4. The molecule has 1 amide bonds. The van der Waals surface area contributed by atoms with Gasteiger partial charge in [0.2, 0.25) is 0 Å². The topological polar surface area (TPSA) is 43.3 Å². The molecule has 0 fully saturated rings. The summed E-state index contributed by atoms with van der Waals surface area (Å²) in [5.41, 5.74) is 1.48. The second-order valence-electron chi connectivity index (χ2n) is 4.51. The van der Waals surface area contributed by atoms with E-state index < -0.39 is 6.10 Å². The molecule has 5 heteroatoms. The third-order valence-electron chi connectivity index (χ3n) is 2.93. The second-order valence-corrected chi connectivity index (χ2v) is 4.94. The number of hydrogen-bond donors (Lipinski definition) is 1. The van der Waals surface area contributed by atoms with E-state index in [1.54, 1.807) is 31.2 Å². The predicted octanol–water partition coefficient (Wildman–Crippen LogP) is 3.66. The van der Waals surface area contributed by atoms with E-state index in [0.29, 0.717) is 17.3 Å².